The van der Waals surface area contributed by atoms with Gasteiger partial charge in [-0.15, -0.1) is 0 Å². The predicted molar refractivity (Wildman–Crippen MR) is 52.3 cm³/mol. The number of aromatic amines is 1. The minimum Gasteiger partial charge on any atom is -0.466 e. The summed E-state index contributed by atoms with van der Waals surface area (Å²) in [6.07, 6.45) is -3.57. The number of nitrogens with one attached hydrogen (secondary N) is 1. The number of hydrogen-bond acceptors (Lipinski definition) is 3. The fourth-order valence-electron chi connectivity index (χ4n) is 1.22. The number of aromatic nitrogens is 1. The molecule has 1 rings (SSSR count). The van der Waals surface area contributed by atoms with E-state index in [9.17, 15) is 22.8 Å². The molecule has 0 aromatic carbocycles. The lowest BCUT2D eigenvalue weighted by molar-refractivity contribution is -0.142. The van der Waals surface area contributed by atoms with Gasteiger partial charge in [0.15, 0.2) is 0 Å². The summed E-state index contributed by atoms with van der Waals surface area (Å²) in [4.78, 5) is 24.0. The number of carbonyl (C=O) groups excluding carboxylic acids is 1. The van der Waals surface area contributed by atoms with Crippen LogP contribution in [0.2, 0.25) is 0 Å². The van der Waals surface area contributed by atoms with Crippen LogP contribution >= 0.6 is 0 Å². The second-order valence-electron chi connectivity index (χ2n) is 3.17. The van der Waals surface area contributed by atoms with Gasteiger partial charge in [0.2, 0.25) is 0 Å². The Morgan fingerprint density at radius 3 is 2.71 bits per heavy atom. The third kappa shape index (κ3) is 3.33. The number of H-pyrrole nitrogens is 1. The van der Waals surface area contributed by atoms with E-state index in [0.717, 1.165) is 0 Å². The molecule has 1 aromatic rings. The summed E-state index contributed by atoms with van der Waals surface area (Å²) in [7, 11) is 0. The third-order valence-corrected chi connectivity index (χ3v) is 1.96. The average molecular weight is 249 g/mol. The van der Waals surface area contributed by atoms with Gasteiger partial charge in [-0.2, -0.15) is 0 Å². The molecule has 17 heavy (non-hydrogen) atoms. The first-order chi connectivity index (χ1) is 7.95. The molecular weight excluding hydrogens is 239 g/mol. The van der Waals surface area contributed by atoms with E-state index in [-0.39, 0.29) is 12.2 Å². The topological polar surface area (TPSA) is 59.2 Å². The van der Waals surface area contributed by atoms with Crippen LogP contribution in [0.15, 0.2) is 10.9 Å². The Labute approximate surface area is 94.4 Å². The zero-order chi connectivity index (χ0) is 13.0. The number of ether oxygens (including phenoxy) is 1. The molecule has 0 saturated heterocycles. The first-order valence-electron chi connectivity index (χ1n) is 4.81. The zero-order valence-corrected chi connectivity index (χ0v) is 8.93. The average Bonchev–Trinajstić information content (AvgIpc) is 2.22. The molecule has 7 heteroatoms. The number of halogens is 3. The van der Waals surface area contributed by atoms with Crippen LogP contribution in [0.25, 0.3) is 0 Å². The fourth-order valence-corrected chi connectivity index (χ4v) is 1.22. The van der Waals surface area contributed by atoms with Crippen molar-refractivity contribution in [2.75, 3.05) is 6.61 Å². The van der Waals surface area contributed by atoms with Gasteiger partial charge in [-0.25, -0.2) is 13.2 Å². The van der Waals surface area contributed by atoms with Crippen LogP contribution in [0.1, 0.15) is 24.6 Å². The first kappa shape index (κ1) is 13.3. The number of rotatable bonds is 4. The normalized spacial score (nSPS) is 10.6. The Kier molecular flexibility index (Phi) is 4.30. The van der Waals surface area contributed by atoms with Crippen LogP contribution < -0.4 is 5.56 Å². The second-order valence-corrected chi connectivity index (χ2v) is 3.17. The summed E-state index contributed by atoms with van der Waals surface area (Å²) in [5.41, 5.74) is -2.25. The van der Waals surface area contributed by atoms with Crippen LogP contribution in [0.3, 0.4) is 0 Å². The van der Waals surface area contributed by atoms with Crippen LogP contribution in [0.5, 0.6) is 0 Å². The number of alkyl halides is 2. The van der Waals surface area contributed by atoms with Crippen molar-refractivity contribution < 1.29 is 22.7 Å². The Balaban J connectivity index is 3.00. The van der Waals surface area contributed by atoms with Gasteiger partial charge < -0.3 is 9.72 Å². The van der Waals surface area contributed by atoms with E-state index in [4.69, 9.17) is 0 Å². The molecule has 0 aliphatic rings. The maximum Gasteiger partial charge on any atom is 0.310 e. The highest BCUT2D eigenvalue weighted by Crippen LogP contribution is 2.18. The molecule has 0 aliphatic carbocycles. The smallest absolute Gasteiger partial charge is 0.310 e. The number of carbonyl (C=O) groups is 1. The lowest BCUT2D eigenvalue weighted by Gasteiger charge is -2.05. The van der Waals surface area contributed by atoms with E-state index in [1.54, 1.807) is 11.9 Å². The molecule has 0 radical (unpaired) electrons. The summed E-state index contributed by atoms with van der Waals surface area (Å²) >= 11 is 0. The molecule has 1 N–H and O–H groups in total. The Morgan fingerprint density at radius 2 is 2.18 bits per heavy atom. The molecule has 1 aromatic heterocycles. The molecule has 0 amide bonds. The first-order valence-corrected chi connectivity index (χ1v) is 4.81. The SMILES string of the molecule is CCOC(=O)Cc1cc(F)c(C(F)F)[nH]c1=O. The van der Waals surface area contributed by atoms with Crippen molar-refractivity contribution in [3.05, 3.63) is 33.5 Å². The van der Waals surface area contributed by atoms with Crippen molar-refractivity contribution >= 4 is 5.97 Å². The summed E-state index contributed by atoms with van der Waals surface area (Å²) in [6.45, 7) is 1.69. The Hall–Kier alpha value is -1.79. The van der Waals surface area contributed by atoms with Crippen molar-refractivity contribution in [3.8, 4) is 0 Å². The van der Waals surface area contributed by atoms with Crippen molar-refractivity contribution in [2.45, 2.75) is 19.8 Å². The van der Waals surface area contributed by atoms with Gasteiger partial charge in [0.25, 0.3) is 12.0 Å². The maximum absolute atomic E-state index is 13.1. The minimum absolute atomic E-state index is 0.119. The van der Waals surface area contributed by atoms with Crippen LogP contribution in [-0.4, -0.2) is 17.6 Å². The van der Waals surface area contributed by atoms with Gasteiger partial charge in [-0.1, -0.05) is 0 Å². The van der Waals surface area contributed by atoms with Crippen molar-refractivity contribution in [1.82, 2.24) is 4.98 Å². The van der Waals surface area contributed by atoms with E-state index < -0.39 is 35.9 Å². The number of hydrogen-bond donors (Lipinski definition) is 1. The highest BCUT2D eigenvalue weighted by atomic mass is 19.3. The lowest BCUT2D eigenvalue weighted by Crippen LogP contribution is -2.20. The van der Waals surface area contributed by atoms with E-state index in [1.165, 1.54) is 0 Å². The highest BCUT2D eigenvalue weighted by Gasteiger charge is 2.18. The van der Waals surface area contributed by atoms with Gasteiger partial charge in [-0.05, 0) is 13.0 Å². The Bertz CT molecular complexity index is 470. The van der Waals surface area contributed by atoms with Gasteiger partial charge in [0.1, 0.15) is 11.5 Å². The fraction of sp³-hybridized carbons (Fsp3) is 0.400. The zero-order valence-electron chi connectivity index (χ0n) is 8.93. The number of esters is 1. The van der Waals surface area contributed by atoms with Gasteiger partial charge in [-0.3, -0.25) is 9.59 Å². The summed E-state index contributed by atoms with van der Waals surface area (Å²) in [5.74, 6) is -1.97. The van der Waals surface area contributed by atoms with Crippen molar-refractivity contribution in [2.24, 2.45) is 0 Å². The van der Waals surface area contributed by atoms with Crippen LogP contribution in [0.4, 0.5) is 13.2 Å². The molecule has 1 heterocycles. The van der Waals surface area contributed by atoms with Crippen molar-refractivity contribution in [1.29, 1.82) is 0 Å². The van der Waals surface area contributed by atoms with E-state index in [1.807, 2.05) is 0 Å². The molecule has 0 atom stereocenters. The highest BCUT2D eigenvalue weighted by molar-refractivity contribution is 5.72. The van der Waals surface area contributed by atoms with Gasteiger partial charge in [0.05, 0.1) is 13.0 Å². The van der Waals surface area contributed by atoms with E-state index in [2.05, 4.69) is 4.74 Å². The molecule has 0 bridgehead atoms. The molecule has 0 fully saturated rings. The van der Waals surface area contributed by atoms with Gasteiger partial charge >= 0.3 is 5.97 Å². The van der Waals surface area contributed by atoms with E-state index in [0.29, 0.717) is 6.07 Å². The second kappa shape index (κ2) is 5.51. The monoisotopic (exact) mass is 249 g/mol. The molecular formula is C10H10F3NO3. The lowest BCUT2D eigenvalue weighted by atomic mass is 10.2. The standard InChI is InChI=1S/C10H10F3NO3/c1-2-17-7(15)4-5-3-6(11)8(9(12)13)14-10(5)16/h3,9H,2,4H2,1H3,(H,14,16). The molecule has 4 nitrogen and oxygen atoms in total. The van der Waals surface area contributed by atoms with Crippen molar-refractivity contribution in [3.63, 3.8) is 0 Å². The minimum atomic E-state index is -3.11. The third-order valence-electron chi connectivity index (χ3n) is 1.96. The van der Waals surface area contributed by atoms with Crippen LogP contribution in [0, 0.1) is 5.82 Å². The summed E-state index contributed by atoms with van der Waals surface area (Å²) in [5, 5.41) is 0. The summed E-state index contributed by atoms with van der Waals surface area (Å²) < 4.78 is 42.1. The van der Waals surface area contributed by atoms with Gasteiger partial charge in [0, 0.05) is 5.56 Å². The molecule has 0 unspecified atom stereocenters. The molecule has 0 saturated carbocycles. The maximum atomic E-state index is 13.1. The van der Waals surface area contributed by atoms with Crippen LogP contribution in [-0.2, 0) is 16.0 Å². The molecule has 0 aliphatic heterocycles. The largest absolute Gasteiger partial charge is 0.466 e. The summed E-state index contributed by atoms with van der Waals surface area (Å²) in [6, 6.07) is 0.622. The quantitative estimate of drug-likeness (QED) is 0.824. The molecule has 0 spiro atoms. The van der Waals surface area contributed by atoms with E-state index >= 15 is 0 Å². The number of pyridine rings is 1. The molecule has 94 valence electrons. The Morgan fingerprint density at radius 1 is 1.53 bits per heavy atom. The predicted octanol–water partition coefficient (Wildman–Crippen LogP) is 1.56.